The second-order valence-corrected chi connectivity index (χ2v) is 6.06. The van der Waals surface area contributed by atoms with Gasteiger partial charge in [0.25, 0.3) is 0 Å². The lowest BCUT2D eigenvalue weighted by atomic mass is 10.0. The van der Waals surface area contributed by atoms with Crippen LogP contribution < -0.4 is 14.2 Å². The van der Waals surface area contributed by atoms with Gasteiger partial charge in [-0.3, -0.25) is 0 Å². The SMILES string of the molecule is CCCCOc1cc(-c2ccc(OC)cc2)c(OCCCC)cc1N=N. The fraction of sp³-hybridized carbons (Fsp3) is 0.429. The summed E-state index contributed by atoms with van der Waals surface area (Å²) in [6.45, 7) is 5.49. The number of nitrogens with zero attached hydrogens (tertiary/aromatic N) is 1. The Morgan fingerprint density at radius 2 is 1.50 bits per heavy atom. The molecule has 0 amide bonds. The van der Waals surface area contributed by atoms with E-state index in [1.165, 1.54) is 0 Å². The Hall–Kier alpha value is -2.56. The monoisotopic (exact) mass is 356 g/mol. The zero-order valence-electron chi connectivity index (χ0n) is 15.9. The van der Waals surface area contributed by atoms with Gasteiger partial charge in [-0.1, -0.05) is 38.8 Å². The number of benzene rings is 2. The van der Waals surface area contributed by atoms with Crippen LogP contribution in [0.5, 0.6) is 17.2 Å². The Bertz CT molecular complexity index is 699. The lowest BCUT2D eigenvalue weighted by Crippen LogP contribution is -2.01. The van der Waals surface area contributed by atoms with Gasteiger partial charge in [-0.05, 0) is 36.6 Å². The first-order valence-electron chi connectivity index (χ1n) is 9.19. The summed E-state index contributed by atoms with van der Waals surface area (Å²) in [5.41, 5.74) is 9.91. The standard InChI is InChI=1S/C21H28N2O3/c1-4-6-12-25-20-15-19(23-22)21(26-13-7-5-2)14-18(20)16-8-10-17(24-3)11-9-16/h8-11,14-15,22H,4-7,12-13H2,1-3H3. The van der Waals surface area contributed by atoms with Crippen LogP contribution in [0.2, 0.25) is 0 Å². The van der Waals surface area contributed by atoms with Crippen molar-refractivity contribution in [2.45, 2.75) is 39.5 Å². The van der Waals surface area contributed by atoms with Crippen molar-refractivity contribution in [1.82, 2.24) is 0 Å². The van der Waals surface area contributed by atoms with Crippen LogP contribution in [0.3, 0.4) is 0 Å². The van der Waals surface area contributed by atoms with Gasteiger partial charge in [0.2, 0.25) is 0 Å². The van der Waals surface area contributed by atoms with Crippen molar-refractivity contribution in [2.75, 3.05) is 20.3 Å². The molecule has 0 aliphatic carbocycles. The van der Waals surface area contributed by atoms with Gasteiger partial charge in [-0.15, -0.1) is 0 Å². The minimum atomic E-state index is 0.491. The second kappa shape index (κ2) is 10.4. The van der Waals surface area contributed by atoms with Gasteiger partial charge in [0.15, 0.2) is 0 Å². The molecule has 0 unspecified atom stereocenters. The third kappa shape index (κ3) is 5.22. The van der Waals surface area contributed by atoms with Crippen LogP contribution in [0.1, 0.15) is 39.5 Å². The molecule has 26 heavy (non-hydrogen) atoms. The van der Waals surface area contributed by atoms with Crippen LogP contribution in [0.4, 0.5) is 5.69 Å². The highest BCUT2D eigenvalue weighted by Crippen LogP contribution is 2.41. The molecule has 0 saturated heterocycles. The Labute approximate surface area is 155 Å². The highest BCUT2D eigenvalue weighted by molar-refractivity contribution is 5.76. The normalized spacial score (nSPS) is 10.4. The summed E-state index contributed by atoms with van der Waals surface area (Å²) in [6, 6.07) is 11.6. The minimum absolute atomic E-state index is 0.491. The number of nitrogens with one attached hydrogen (secondary N) is 1. The smallest absolute Gasteiger partial charge is 0.147 e. The summed E-state index contributed by atoms with van der Waals surface area (Å²) in [4.78, 5) is 0. The van der Waals surface area contributed by atoms with Gasteiger partial charge >= 0.3 is 0 Å². The molecule has 2 rings (SSSR count). The molecular formula is C21H28N2O3. The van der Waals surface area contributed by atoms with Crippen molar-refractivity contribution < 1.29 is 14.2 Å². The Balaban J connectivity index is 2.41. The van der Waals surface area contributed by atoms with E-state index in [0.717, 1.165) is 48.3 Å². The molecule has 0 atom stereocenters. The van der Waals surface area contributed by atoms with Crippen LogP contribution in [0.15, 0.2) is 41.5 Å². The third-order valence-electron chi connectivity index (χ3n) is 4.09. The summed E-state index contributed by atoms with van der Waals surface area (Å²) in [5, 5.41) is 3.63. The van der Waals surface area contributed by atoms with Gasteiger partial charge in [-0.25, -0.2) is 5.53 Å². The summed E-state index contributed by atoms with van der Waals surface area (Å²) in [5.74, 6) is 2.14. The summed E-state index contributed by atoms with van der Waals surface area (Å²) in [6.07, 6.45) is 4.05. The van der Waals surface area contributed by atoms with Gasteiger partial charge in [0, 0.05) is 11.6 Å². The van der Waals surface area contributed by atoms with Crippen molar-refractivity contribution in [3.05, 3.63) is 36.4 Å². The number of hydrogen-bond acceptors (Lipinski definition) is 5. The molecule has 0 aromatic heterocycles. The Kier molecular flexibility index (Phi) is 7.93. The van der Waals surface area contributed by atoms with E-state index in [0.29, 0.717) is 24.7 Å². The largest absolute Gasteiger partial charge is 0.497 e. The quantitative estimate of drug-likeness (QED) is 0.375. The van der Waals surface area contributed by atoms with E-state index >= 15 is 0 Å². The van der Waals surface area contributed by atoms with Crippen molar-refractivity contribution in [3.63, 3.8) is 0 Å². The van der Waals surface area contributed by atoms with Crippen LogP contribution in [0, 0.1) is 5.53 Å². The predicted octanol–water partition coefficient (Wildman–Crippen LogP) is 6.38. The van der Waals surface area contributed by atoms with Crippen LogP contribution in [-0.4, -0.2) is 20.3 Å². The van der Waals surface area contributed by atoms with Crippen LogP contribution >= 0.6 is 0 Å². The molecule has 0 bridgehead atoms. The van der Waals surface area contributed by atoms with E-state index < -0.39 is 0 Å². The Morgan fingerprint density at radius 3 is 2.04 bits per heavy atom. The fourth-order valence-corrected chi connectivity index (χ4v) is 2.52. The highest BCUT2D eigenvalue weighted by Gasteiger charge is 2.14. The molecule has 0 fully saturated rings. The van der Waals surface area contributed by atoms with Crippen LogP contribution in [-0.2, 0) is 0 Å². The minimum Gasteiger partial charge on any atom is -0.497 e. The predicted molar refractivity (Wildman–Crippen MR) is 104 cm³/mol. The van der Waals surface area contributed by atoms with Crippen molar-refractivity contribution in [2.24, 2.45) is 5.11 Å². The number of unbranched alkanes of at least 4 members (excludes halogenated alkanes) is 2. The average molecular weight is 356 g/mol. The lowest BCUT2D eigenvalue weighted by molar-refractivity contribution is 0.302. The number of hydrogen-bond donors (Lipinski definition) is 1. The molecule has 2 aromatic carbocycles. The molecule has 5 heteroatoms. The van der Waals surface area contributed by atoms with Crippen molar-refractivity contribution >= 4 is 5.69 Å². The van der Waals surface area contributed by atoms with Crippen molar-refractivity contribution in [3.8, 4) is 28.4 Å². The molecule has 5 nitrogen and oxygen atoms in total. The number of rotatable bonds is 11. The van der Waals surface area contributed by atoms with E-state index in [9.17, 15) is 0 Å². The molecule has 0 spiro atoms. The van der Waals surface area contributed by atoms with E-state index in [-0.39, 0.29) is 0 Å². The van der Waals surface area contributed by atoms with Gasteiger partial charge < -0.3 is 14.2 Å². The topological polar surface area (TPSA) is 63.9 Å². The highest BCUT2D eigenvalue weighted by atomic mass is 16.5. The van der Waals surface area contributed by atoms with Crippen LogP contribution in [0.25, 0.3) is 11.1 Å². The maximum atomic E-state index is 7.48. The zero-order chi connectivity index (χ0) is 18.8. The molecule has 140 valence electrons. The maximum Gasteiger partial charge on any atom is 0.147 e. The van der Waals surface area contributed by atoms with E-state index in [1.54, 1.807) is 13.2 Å². The Morgan fingerprint density at radius 1 is 0.885 bits per heavy atom. The van der Waals surface area contributed by atoms with E-state index in [4.69, 9.17) is 19.7 Å². The lowest BCUT2D eigenvalue weighted by Gasteiger charge is -2.16. The first kappa shape index (κ1) is 19.8. The molecule has 0 saturated carbocycles. The van der Waals surface area contributed by atoms with Crippen molar-refractivity contribution in [1.29, 1.82) is 5.53 Å². The second-order valence-electron chi connectivity index (χ2n) is 6.06. The van der Waals surface area contributed by atoms with Gasteiger partial charge in [0.05, 0.1) is 20.3 Å². The third-order valence-corrected chi connectivity index (χ3v) is 4.09. The summed E-state index contributed by atoms with van der Waals surface area (Å²) < 4.78 is 17.1. The molecule has 0 radical (unpaired) electrons. The fourth-order valence-electron chi connectivity index (χ4n) is 2.52. The maximum absolute atomic E-state index is 7.48. The van der Waals surface area contributed by atoms with E-state index in [2.05, 4.69) is 19.0 Å². The van der Waals surface area contributed by atoms with Gasteiger partial charge in [0.1, 0.15) is 22.9 Å². The number of methoxy groups -OCH3 is 1. The first-order valence-corrected chi connectivity index (χ1v) is 9.19. The summed E-state index contributed by atoms with van der Waals surface area (Å²) >= 11 is 0. The molecule has 0 aliphatic rings. The molecule has 1 N–H and O–H groups in total. The average Bonchev–Trinajstić information content (AvgIpc) is 2.69. The zero-order valence-corrected chi connectivity index (χ0v) is 15.9. The molecule has 2 aromatic rings. The molecule has 0 heterocycles. The van der Waals surface area contributed by atoms with Gasteiger partial charge in [-0.2, -0.15) is 5.11 Å². The summed E-state index contributed by atoms with van der Waals surface area (Å²) in [7, 11) is 1.65. The van der Waals surface area contributed by atoms with E-state index in [1.807, 2.05) is 30.3 Å². The molecule has 0 aliphatic heterocycles. The first-order chi connectivity index (χ1) is 12.7. The number of ether oxygens (including phenoxy) is 3. The molecular weight excluding hydrogens is 328 g/mol.